The van der Waals surface area contributed by atoms with E-state index in [1.54, 1.807) is 4.68 Å². The van der Waals surface area contributed by atoms with Crippen LogP contribution >= 0.6 is 0 Å². The number of aromatic nitrogens is 3. The summed E-state index contributed by atoms with van der Waals surface area (Å²) in [6.45, 7) is 5.22. The van der Waals surface area contributed by atoms with Crippen molar-refractivity contribution in [1.29, 1.82) is 0 Å². The fourth-order valence-corrected chi connectivity index (χ4v) is 6.21. The van der Waals surface area contributed by atoms with Gasteiger partial charge in [0.05, 0.1) is 29.7 Å². The molecule has 2 amide bonds. The van der Waals surface area contributed by atoms with Gasteiger partial charge in [0.2, 0.25) is 0 Å². The van der Waals surface area contributed by atoms with Crippen molar-refractivity contribution in [3.05, 3.63) is 71.6 Å². The van der Waals surface area contributed by atoms with Gasteiger partial charge in [-0.25, -0.2) is 36.0 Å². The van der Waals surface area contributed by atoms with Crippen molar-refractivity contribution >= 4 is 15.9 Å². The quantitative estimate of drug-likeness (QED) is 0.391. The Morgan fingerprint density at radius 2 is 1.76 bits per heavy atom. The molecule has 2 N–H and O–H groups in total. The van der Waals surface area contributed by atoms with E-state index >= 15 is 0 Å². The number of carbonyl (C=O) groups is 1. The fraction of sp³-hybridized carbons (Fsp3) is 0.483. The van der Waals surface area contributed by atoms with Crippen LogP contribution in [-0.2, 0) is 16.4 Å². The molecule has 228 valence electrons. The Kier molecular flexibility index (Phi) is 9.61. The molecule has 0 spiro atoms. The molecule has 1 aliphatic rings. The maximum absolute atomic E-state index is 14.9. The fourth-order valence-electron chi connectivity index (χ4n) is 5.01. The van der Waals surface area contributed by atoms with Crippen LogP contribution in [0.1, 0.15) is 44.6 Å². The van der Waals surface area contributed by atoms with Gasteiger partial charge < -0.3 is 15.5 Å². The summed E-state index contributed by atoms with van der Waals surface area (Å²) in [4.78, 5) is 21.8. The Hall–Kier alpha value is -3.45. The van der Waals surface area contributed by atoms with Gasteiger partial charge in [0, 0.05) is 25.7 Å². The molecule has 1 fully saturated rings. The van der Waals surface area contributed by atoms with E-state index in [1.165, 1.54) is 9.80 Å². The number of hydrogen-bond donors (Lipinski definition) is 1. The molecule has 9 nitrogen and oxygen atoms in total. The Labute approximate surface area is 244 Å². The van der Waals surface area contributed by atoms with E-state index in [-0.39, 0.29) is 55.5 Å². The minimum Gasteiger partial charge on any atom is -0.325 e. The Morgan fingerprint density at radius 3 is 2.38 bits per heavy atom. The number of hydrogen-bond acceptors (Lipinski definition) is 6. The first-order chi connectivity index (χ1) is 19.8. The van der Waals surface area contributed by atoms with E-state index in [9.17, 15) is 26.4 Å². The number of sulfone groups is 1. The lowest BCUT2D eigenvalue weighted by Crippen LogP contribution is -2.53. The predicted octanol–water partition coefficient (Wildman–Crippen LogP) is 4.20. The van der Waals surface area contributed by atoms with Crippen molar-refractivity contribution in [3.8, 4) is 11.4 Å². The molecule has 4 rings (SSSR count). The van der Waals surface area contributed by atoms with E-state index in [0.717, 1.165) is 23.8 Å². The van der Waals surface area contributed by atoms with E-state index in [1.807, 2.05) is 51.1 Å². The van der Waals surface area contributed by atoms with Crippen LogP contribution in [0.3, 0.4) is 0 Å². The highest BCUT2D eigenvalue weighted by Gasteiger charge is 2.41. The molecule has 2 heterocycles. The first-order valence-corrected chi connectivity index (χ1v) is 15.6. The van der Waals surface area contributed by atoms with Crippen LogP contribution in [0.2, 0.25) is 0 Å². The minimum atomic E-state index is -3.26. The second kappa shape index (κ2) is 12.8. The molecule has 1 aliphatic heterocycles. The number of halogens is 3. The van der Waals surface area contributed by atoms with Crippen LogP contribution in [0, 0.1) is 17.0 Å². The largest absolute Gasteiger partial charge is 0.325 e. The van der Waals surface area contributed by atoms with Gasteiger partial charge in [0.15, 0.2) is 21.5 Å². The van der Waals surface area contributed by atoms with Gasteiger partial charge in [0.25, 0.3) is 0 Å². The first-order valence-electron chi connectivity index (χ1n) is 13.8. The maximum atomic E-state index is 14.9. The van der Waals surface area contributed by atoms with E-state index in [4.69, 9.17) is 10.7 Å². The van der Waals surface area contributed by atoms with Crippen molar-refractivity contribution in [2.24, 2.45) is 11.1 Å². The highest BCUT2D eigenvalue weighted by molar-refractivity contribution is 7.91. The number of benzene rings is 2. The number of nitrogens with zero attached hydrogens (tertiary/aromatic N) is 5. The van der Waals surface area contributed by atoms with Gasteiger partial charge in [-0.3, -0.25) is 0 Å². The molecule has 2 aromatic carbocycles. The molecular weight excluding hydrogens is 569 g/mol. The summed E-state index contributed by atoms with van der Waals surface area (Å²) >= 11 is 0. The number of urea groups is 1. The lowest BCUT2D eigenvalue weighted by atomic mass is 9.84. The lowest BCUT2D eigenvalue weighted by Gasteiger charge is -2.42. The van der Waals surface area contributed by atoms with Gasteiger partial charge in [-0.05, 0) is 35.6 Å². The summed E-state index contributed by atoms with van der Waals surface area (Å²) in [6.07, 6.45) is 0.138. The molecule has 1 saturated heterocycles. The minimum absolute atomic E-state index is 0.0140. The molecule has 42 heavy (non-hydrogen) atoms. The van der Waals surface area contributed by atoms with Crippen LogP contribution in [0.5, 0.6) is 0 Å². The second-order valence-corrected chi connectivity index (χ2v) is 14.0. The van der Waals surface area contributed by atoms with E-state index in [2.05, 4.69) is 5.10 Å². The van der Waals surface area contributed by atoms with Crippen LogP contribution in [0.15, 0.2) is 48.5 Å². The third kappa shape index (κ3) is 7.49. The van der Waals surface area contributed by atoms with Gasteiger partial charge in [-0.1, -0.05) is 51.1 Å². The maximum Gasteiger partial charge on any atom is 0.320 e. The summed E-state index contributed by atoms with van der Waals surface area (Å²) in [5.74, 6) is -1.42. The second-order valence-electron chi connectivity index (χ2n) is 11.6. The molecule has 1 aromatic heterocycles. The zero-order chi connectivity index (χ0) is 30.7. The number of amides is 2. The zero-order valence-corrected chi connectivity index (χ0v) is 24.8. The molecule has 2 atom stereocenters. The van der Waals surface area contributed by atoms with Gasteiger partial charge >= 0.3 is 6.03 Å². The molecule has 1 unspecified atom stereocenters. The average molecular weight is 607 g/mol. The standard InChI is InChI=1S/C29H37F3N6O3S/c1-29(2,3)25(37(12-11-22(33)18-30)28(39)36-13-15-42(40,41)16-14-36)27-34-26(23-17-21(31)9-10-24(23)32)35-38(27)19-20-7-5-4-6-8-20/h4-10,17,22,25H,11-16,18-19,33H2,1-3H3/t22-,25?/m1/s1. The lowest BCUT2D eigenvalue weighted by molar-refractivity contribution is 0.0820. The summed E-state index contributed by atoms with van der Waals surface area (Å²) in [5.41, 5.74) is 5.96. The molecule has 13 heteroatoms. The Balaban J connectivity index is 1.85. The predicted molar refractivity (Wildman–Crippen MR) is 154 cm³/mol. The normalized spacial score (nSPS) is 16.7. The van der Waals surface area contributed by atoms with Crippen LogP contribution in [-0.4, -0.2) is 82.9 Å². The van der Waals surface area contributed by atoms with Crippen molar-refractivity contribution in [3.63, 3.8) is 0 Å². The third-order valence-corrected chi connectivity index (χ3v) is 8.83. The van der Waals surface area contributed by atoms with Crippen molar-refractivity contribution in [1.82, 2.24) is 24.6 Å². The highest BCUT2D eigenvalue weighted by atomic mass is 32.2. The molecular formula is C29H37F3N6O3S. The molecule has 0 saturated carbocycles. The smallest absolute Gasteiger partial charge is 0.320 e. The van der Waals surface area contributed by atoms with Crippen molar-refractivity contribution in [2.75, 3.05) is 37.8 Å². The molecule has 3 aromatic rings. The summed E-state index contributed by atoms with van der Waals surface area (Å²) < 4.78 is 68.2. The van der Waals surface area contributed by atoms with Gasteiger partial charge in [-0.2, -0.15) is 5.10 Å². The molecule has 0 bridgehead atoms. The van der Waals surface area contributed by atoms with Gasteiger partial charge in [0.1, 0.15) is 18.3 Å². The van der Waals surface area contributed by atoms with Crippen molar-refractivity contribution < 1.29 is 26.4 Å². The number of alkyl halides is 1. The summed E-state index contributed by atoms with van der Waals surface area (Å²) in [5, 5.41) is 4.58. The monoisotopic (exact) mass is 606 g/mol. The zero-order valence-electron chi connectivity index (χ0n) is 24.0. The molecule has 0 radical (unpaired) electrons. The highest BCUT2D eigenvalue weighted by Crippen LogP contribution is 2.39. The third-order valence-electron chi connectivity index (χ3n) is 7.22. The van der Waals surface area contributed by atoms with E-state index in [0.29, 0.717) is 5.82 Å². The number of nitrogens with two attached hydrogens (primary N) is 1. The summed E-state index contributed by atoms with van der Waals surface area (Å²) in [6, 6.07) is 10.3. The SMILES string of the molecule is CC(C)(C)C(c1nc(-c2cc(F)ccc2F)nn1Cc1ccccc1)N(CC[C@@H](N)CF)C(=O)N1CCS(=O)(=O)CC1. The van der Waals surface area contributed by atoms with Crippen LogP contribution in [0.4, 0.5) is 18.0 Å². The van der Waals surface area contributed by atoms with Crippen LogP contribution < -0.4 is 5.73 Å². The van der Waals surface area contributed by atoms with Crippen LogP contribution in [0.25, 0.3) is 11.4 Å². The summed E-state index contributed by atoms with van der Waals surface area (Å²) in [7, 11) is -3.26. The van der Waals surface area contributed by atoms with Gasteiger partial charge in [-0.15, -0.1) is 0 Å². The first kappa shape index (κ1) is 31.5. The Morgan fingerprint density at radius 1 is 1.10 bits per heavy atom. The van der Waals surface area contributed by atoms with Crippen molar-refractivity contribution in [2.45, 2.75) is 45.8 Å². The Bertz CT molecular complexity index is 1480. The average Bonchev–Trinajstić information content (AvgIpc) is 3.33. The van der Waals surface area contributed by atoms with E-state index < -0.39 is 51.7 Å². The number of carbonyl (C=O) groups excluding carboxylic acids is 1. The number of rotatable bonds is 9. The topological polar surface area (TPSA) is 114 Å². The molecule has 0 aliphatic carbocycles.